The Morgan fingerprint density at radius 2 is 1.08 bits per heavy atom. The average Bonchev–Trinajstić information content (AvgIpc) is 2.61. The van der Waals surface area contributed by atoms with Gasteiger partial charge in [0, 0.05) is 38.3 Å². The summed E-state index contributed by atoms with van der Waals surface area (Å²) in [5.74, 6) is 6.00. The Labute approximate surface area is 157 Å². The molecule has 0 aromatic rings. The number of nitrogens with two attached hydrogens (primary N) is 1. The van der Waals surface area contributed by atoms with Crippen LogP contribution in [-0.4, -0.2) is 116 Å². The van der Waals surface area contributed by atoms with E-state index < -0.39 is 0 Å². The summed E-state index contributed by atoms with van der Waals surface area (Å²) in [7, 11) is 8.32. The van der Waals surface area contributed by atoms with Gasteiger partial charge in [-0.25, -0.2) is 5.01 Å². The first kappa shape index (κ1) is 21.1. The third kappa shape index (κ3) is 5.90. The lowest BCUT2D eigenvalue weighted by molar-refractivity contribution is -0.137. The van der Waals surface area contributed by atoms with Crippen LogP contribution in [0.25, 0.3) is 0 Å². The number of piperidine rings is 2. The van der Waals surface area contributed by atoms with Crippen molar-refractivity contribution in [2.45, 2.75) is 37.8 Å². The monoisotopic (exact) mass is 368 g/mol. The van der Waals surface area contributed by atoms with Crippen molar-refractivity contribution in [1.29, 1.82) is 0 Å². The predicted octanol–water partition coefficient (Wildman–Crippen LogP) is -0.733. The molecule has 0 unspecified atom stereocenters. The van der Waals surface area contributed by atoms with Crippen molar-refractivity contribution in [3.05, 3.63) is 0 Å². The largest absolute Gasteiger partial charge is 0.341 e. The lowest BCUT2D eigenvalue weighted by Crippen LogP contribution is -2.52. The molecule has 150 valence electrons. The molecular formula is C18H36N6O2. The van der Waals surface area contributed by atoms with Crippen molar-refractivity contribution in [3.8, 4) is 0 Å². The van der Waals surface area contributed by atoms with Gasteiger partial charge in [-0.1, -0.05) is 0 Å². The Morgan fingerprint density at radius 1 is 0.769 bits per heavy atom. The summed E-state index contributed by atoms with van der Waals surface area (Å²) in [5.41, 5.74) is 0. The van der Waals surface area contributed by atoms with Gasteiger partial charge in [0.25, 0.3) is 0 Å². The minimum Gasteiger partial charge on any atom is -0.341 e. The van der Waals surface area contributed by atoms with Crippen LogP contribution in [0.1, 0.15) is 25.7 Å². The molecule has 8 heteroatoms. The second-order valence-corrected chi connectivity index (χ2v) is 8.06. The molecule has 2 aliphatic rings. The average molecular weight is 369 g/mol. The summed E-state index contributed by atoms with van der Waals surface area (Å²) < 4.78 is 0. The van der Waals surface area contributed by atoms with Gasteiger partial charge in [-0.2, -0.15) is 0 Å². The molecule has 0 radical (unpaired) electrons. The summed E-state index contributed by atoms with van der Waals surface area (Å²) in [4.78, 5) is 33.0. The summed E-state index contributed by atoms with van der Waals surface area (Å²) in [6.07, 6.45) is 3.96. The summed E-state index contributed by atoms with van der Waals surface area (Å²) in [5, 5.41) is 1.36. The van der Waals surface area contributed by atoms with Gasteiger partial charge in [-0.3, -0.25) is 15.4 Å². The third-order valence-corrected chi connectivity index (χ3v) is 5.77. The van der Waals surface area contributed by atoms with Crippen molar-refractivity contribution >= 4 is 11.8 Å². The molecule has 0 aromatic heterocycles. The van der Waals surface area contributed by atoms with Gasteiger partial charge in [0.2, 0.25) is 11.8 Å². The van der Waals surface area contributed by atoms with Crippen LogP contribution in [0, 0.1) is 0 Å². The topological polar surface area (TPSA) is 76.4 Å². The van der Waals surface area contributed by atoms with E-state index in [1.165, 1.54) is 5.01 Å². The van der Waals surface area contributed by atoms with Gasteiger partial charge in [0.1, 0.15) is 0 Å². The molecule has 2 amide bonds. The van der Waals surface area contributed by atoms with Crippen molar-refractivity contribution in [2.75, 3.05) is 67.5 Å². The Kier molecular flexibility index (Phi) is 7.82. The molecule has 0 atom stereocenters. The van der Waals surface area contributed by atoms with Crippen LogP contribution in [-0.2, 0) is 9.59 Å². The fourth-order valence-corrected chi connectivity index (χ4v) is 3.87. The Balaban J connectivity index is 1.70. The smallest absolute Gasteiger partial charge is 0.238 e. The first-order chi connectivity index (χ1) is 12.3. The van der Waals surface area contributed by atoms with Crippen LogP contribution in [0.3, 0.4) is 0 Å². The van der Waals surface area contributed by atoms with Crippen LogP contribution in [0.2, 0.25) is 0 Å². The Hall–Kier alpha value is -1.22. The number of hydrazine groups is 1. The fraction of sp³-hybridized carbons (Fsp3) is 0.889. The SMILES string of the molecule is CN(C)C1CCN(C(=O)CN(N)CC(=O)N2CCC(N(C)C)CC2)CC1. The van der Waals surface area contributed by atoms with E-state index in [4.69, 9.17) is 5.84 Å². The maximum atomic E-state index is 12.4. The van der Waals surface area contributed by atoms with E-state index in [9.17, 15) is 9.59 Å². The molecule has 0 aromatic carbocycles. The highest BCUT2D eigenvalue weighted by Crippen LogP contribution is 2.15. The molecule has 0 saturated carbocycles. The second kappa shape index (κ2) is 9.64. The molecule has 0 spiro atoms. The first-order valence-corrected chi connectivity index (χ1v) is 9.66. The first-order valence-electron chi connectivity index (χ1n) is 9.66. The van der Waals surface area contributed by atoms with Gasteiger partial charge in [-0.15, -0.1) is 0 Å². The molecule has 2 N–H and O–H groups in total. The summed E-state index contributed by atoms with van der Waals surface area (Å²) in [6, 6.07) is 1.08. The minimum atomic E-state index is 0.0174. The van der Waals surface area contributed by atoms with Gasteiger partial charge in [-0.05, 0) is 53.9 Å². The van der Waals surface area contributed by atoms with E-state index in [1.54, 1.807) is 0 Å². The van der Waals surface area contributed by atoms with Crippen LogP contribution in [0.4, 0.5) is 0 Å². The predicted molar refractivity (Wildman–Crippen MR) is 102 cm³/mol. The van der Waals surface area contributed by atoms with E-state index >= 15 is 0 Å². The number of amides is 2. The molecule has 2 rings (SSSR count). The molecule has 8 nitrogen and oxygen atoms in total. The van der Waals surface area contributed by atoms with Crippen LogP contribution < -0.4 is 5.84 Å². The summed E-state index contributed by atoms with van der Waals surface area (Å²) >= 11 is 0. The number of nitrogens with zero attached hydrogens (tertiary/aromatic N) is 5. The van der Waals surface area contributed by atoms with E-state index in [0.29, 0.717) is 12.1 Å². The van der Waals surface area contributed by atoms with Gasteiger partial charge < -0.3 is 19.6 Å². The maximum Gasteiger partial charge on any atom is 0.238 e. The standard InChI is InChI=1S/C18H36N6O2/c1-20(2)15-5-9-22(10-6-15)17(25)13-24(19)14-18(26)23-11-7-16(8-12-23)21(3)4/h15-16H,5-14,19H2,1-4H3. The number of hydrogen-bond acceptors (Lipinski definition) is 6. The lowest BCUT2D eigenvalue weighted by atomic mass is 10.0. The Bertz CT molecular complexity index is 426. The van der Waals surface area contributed by atoms with Gasteiger partial charge >= 0.3 is 0 Å². The summed E-state index contributed by atoms with van der Waals surface area (Å²) in [6.45, 7) is 3.27. The van der Waals surface area contributed by atoms with Gasteiger partial charge in [0.15, 0.2) is 0 Å². The number of likely N-dealkylation sites (tertiary alicyclic amines) is 2. The highest BCUT2D eigenvalue weighted by Gasteiger charge is 2.27. The molecule has 2 heterocycles. The normalized spacial score (nSPS) is 20.5. The molecule has 0 aliphatic carbocycles. The molecule has 2 fully saturated rings. The number of rotatable bonds is 6. The molecule has 2 saturated heterocycles. The highest BCUT2D eigenvalue weighted by molar-refractivity contribution is 5.81. The zero-order chi connectivity index (χ0) is 19.3. The van der Waals surface area contributed by atoms with E-state index in [1.807, 2.05) is 9.80 Å². The third-order valence-electron chi connectivity index (χ3n) is 5.77. The van der Waals surface area contributed by atoms with Crippen LogP contribution >= 0.6 is 0 Å². The van der Waals surface area contributed by atoms with Crippen molar-refractivity contribution in [3.63, 3.8) is 0 Å². The minimum absolute atomic E-state index is 0.0174. The van der Waals surface area contributed by atoms with Crippen molar-refractivity contribution in [2.24, 2.45) is 5.84 Å². The molecule has 2 aliphatic heterocycles. The van der Waals surface area contributed by atoms with Crippen LogP contribution in [0.15, 0.2) is 0 Å². The fourth-order valence-electron chi connectivity index (χ4n) is 3.87. The van der Waals surface area contributed by atoms with Gasteiger partial charge in [0.05, 0.1) is 13.1 Å². The van der Waals surface area contributed by atoms with Crippen LogP contribution in [0.5, 0.6) is 0 Å². The second-order valence-electron chi connectivity index (χ2n) is 8.06. The van der Waals surface area contributed by atoms with Crippen molar-refractivity contribution in [1.82, 2.24) is 24.6 Å². The zero-order valence-electron chi connectivity index (χ0n) is 16.9. The number of hydrogen-bond donors (Lipinski definition) is 1. The quantitative estimate of drug-likeness (QED) is 0.492. The maximum absolute atomic E-state index is 12.4. The molecule has 26 heavy (non-hydrogen) atoms. The van der Waals surface area contributed by atoms with Crippen molar-refractivity contribution < 1.29 is 9.59 Å². The van der Waals surface area contributed by atoms with E-state index in [0.717, 1.165) is 51.9 Å². The molecular weight excluding hydrogens is 332 g/mol. The lowest BCUT2D eigenvalue weighted by Gasteiger charge is -2.36. The highest BCUT2D eigenvalue weighted by atomic mass is 16.2. The number of carbonyl (C=O) groups excluding carboxylic acids is 2. The number of carbonyl (C=O) groups is 2. The Morgan fingerprint density at radius 3 is 1.35 bits per heavy atom. The van der Waals surface area contributed by atoms with E-state index in [2.05, 4.69) is 38.0 Å². The zero-order valence-corrected chi connectivity index (χ0v) is 16.9. The van der Waals surface area contributed by atoms with E-state index in [-0.39, 0.29) is 24.9 Å². The molecule has 0 bridgehead atoms.